The topological polar surface area (TPSA) is 53.5 Å². The van der Waals surface area contributed by atoms with Crippen LogP contribution in [0.2, 0.25) is 0 Å². The van der Waals surface area contributed by atoms with E-state index in [0.29, 0.717) is 0 Å². The fraction of sp³-hybridized carbons (Fsp3) is 0. The van der Waals surface area contributed by atoms with Gasteiger partial charge in [0.15, 0.2) is 17.5 Å². The molecule has 0 aliphatic heterocycles. The molecule has 0 radical (unpaired) electrons. The van der Waals surface area contributed by atoms with Gasteiger partial charge in [-0.1, -0.05) is 328 Å². The van der Waals surface area contributed by atoms with Gasteiger partial charge in [-0.2, -0.15) is 0 Å². The predicted molar refractivity (Wildman–Crippen MR) is 594 cm³/mol. The molecule has 0 unspecified atom stereocenters. The van der Waals surface area contributed by atoms with Gasteiger partial charge in [0.1, 0.15) is 0 Å². The summed E-state index contributed by atoms with van der Waals surface area (Å²) in [5, 5.41) is 38.4. The Balaban J connectivity index is 0.000000100. The van der Waals surface area contributed by atoms with E-state index in [1.807, 2.05) is 52.6 Å². The van der Waals surface area contributed by atoms with Gasteiger partial charge in [0.25, 0.3) is 0 Å². The van der Waals surface area contributed by atoms with Crippen LogP contribution in [0.5, 0.6) is 0 Å². The third-order valence-corrected chi connectivity index (χ3v) is 32.5. The third-order valence-electron chi connectivity index (χ3n) is 28.9. The smallest absolute Gasteiger partial charge is 0.155 e. The molecule has 0 aliphatic carbocycles. The van der Waals surface area contributed by atoms with Crippen molar-refractivity contribution in [3.63, 3.8) is 0 Å². The van der Waals surface area contributed by atoms with E-state index in [1.165, 1.54) is 267 Å². The third kappa shape index (κ3) is 12.1. The van der Waals surface area contributed by atoms with Crippen molar-refractivity contribution in [2.75, 3.05) is 0 Å². The van der Waals surface area contributed by atoms with Gasteiger partial charge in [-0.05, 0) is 257 Å². The van der Waals surface area contributed by atoms with Gasteiger partial charge < -0.3 is 0 Å². The van der Waals surface area contributed by atoms with Crippen LogP contribution in [-0.2, 0) is 0 Å². The lowest BCUT2D eigenvalue weighted by atomic mass is 9.91. The Kier molecular flexibility index (Phi) is 17.6. The Hall–Kier alpha value is -17.3. The largest absolute Gasteiger partial charge is 0.293 e. The zero-order chi connectivity index (χ0) is 90.3. The first-order chi connectivity index (χ1) is 68.5. The summed E-state index contributed by atoms with van der Waals surface area (Å²) in [4.78, 5) is 15.0. The minimum Gasteiger partial charge on any atom is -0.293 e. The molecule has 0 saturated carbocycles. The molecule has 0 N–H and O–H groups in total. The summed E-state index contributed by atoms with van der Waals surface area (Å²) in [6.45, 7) is 0. The fourth-order valence-corrected chi connectivity index (χ4v) is 26.2. The second kappa shape index (κ2) is 31.1. The van der Waals surface area contributed by atoms with E-state index in [2.05, 4.69) is 457 Å². The van der Waals surface area contributed by atoms with Crippen molar-refractivity contribution in [1.82, 2.24) is 28.7 Å². The number of hydrogen-bond donors (Lipinski definition) is 0. The number of hydrogen-bond acceptors (Lipinski definition) is 6. The quantitative estimate of drug-likeness (QED) is 0.149. The van der Waals surface area contributed by atoms with Crippen molar-refractivity contribution in [2.45, 2.75) is 0 Å². The standard InChI is InChI=1S/C47H28N2S.2C41H24N2S/c1-2-14-35-33(12-1)34-13-3-4-15-36(34)41-27-31(20-22-37(35)41)29-10-9-11-30(26-29)32-21-23-45-42(28-32)40-24-25-48-47(46(40)50-45)49-43-18-7-5-16-38(43)39-17-6-8-19-44(39)49;2*1-2-11-29-27(9-1)28-10-3-4-12-30(28)35-23-25(17-19-31(29)35)26-18-20-39-36(24-26)34-21-22-42-41(40(34)44-39)43-37-15-7-5-13-32(37)33-14-6-8-16-38(33)43/h1-28H;2*1-24H. The van der Waals surface area contributed by atoms with E-state index in [4.69, 9.17) is 15.0 Å². The lowest BCUT2D eigenvalue weighted by Crippen LogP contribution is -1.96. The average molecular weight is 1810 g/mol. The molecule has 0 aliphatic rings. The molecular formula is C129H76N6S3. The first-order valence-electron chi connectivity index (χ1n) is 47.0. The monoisotopic (exact) mass is 1800 g/mol. The van der Waals surface area contributed by atoms with Crippen molar-refractivity contribution < 1.29 is 0 Å². The maximum atomic E-state index is 5.00. The second-order valence-corrected chi connectivity index (χ2v) is 39.4. The van der Waals surface area contributed by atoms with E-state index < -0.39 is 0 Å². The summed E-state index contributed by atoms with van der Waals surface area (Å²) >= 11 is 5.49. The molecule has 0 saturated heterocycles. The van der Waals surface area contributed by atoms with Gasteiger partial charge in [0, 0.05) is 97.3 Å². The summed E-state index contributed by atoms with van der Waals surface area (Å²) in [6, 6.07) is 162. The minimum absolute atomic E-state index is 0.987. The minimum atomic E-state index is 0.987. The van der Waals surface area contributed by atoms with Crippen LogP contribution in [0.4, 0.5) is 0 Å². The zero-order valence-electron chi connectivity index (χ0n) is 74.3. The molecule has 0 fully saturated rings. The Labute approximate surface area is 802 Å². The first-order valence-corrected chi connectivity index (χ1v) is 49.4. The normalized spacial score (nSPS) is 12.1. The second-order valence-electron chi connectivity index (χ2n) is 36.2. The lowest BCUT2D eigenvalue weighted by Gasteiger charge is -2.12. The highest BCUT2D eigenvalue weighted by molar-refractivity contribution is 7.27. The molecule has 0 spiro atoms. The number of benzene rings is 22. The Bertz CT molecular complexity index is 9980. The van der Waals surface area contributed by atoms with Crippen molar-refractivity contribution in [1.29, 1.82) is 0 Å². The van der Waals surface area contributed by atoms with Crippen molar-refractivity contribution in [3.05, 3.63) is 461 Å². The summed E-state index contributed by atoms with van der Waals surface area (Å²) in [5.41, 5.74) is 16.9. The lowest BCUT2D eigenvalue weighted by molar-refractivity contribution is 1.10. The summed E-state index contributed by atoms with van der Waals surface area (Å²) in [5.74, 6) is 2.97. The average Bonchev–Trinajstić information content (AvgIpc) is 1.61. The van der Waals surface area contributed by atoms with Crippen LogP contribution in [-0.4, -0.2) is 28.7 Å². The first kappa shape index (κ1) is 78.2. The van der Waals surface area contributed by atoms with E-state index in [0.717, 1.165) is 17.5 Å². The van der Waals surface area contributed by atoms with Gasteiger partial charge in [0.05, 0.1) is 47.2 Å². The Morgan fingerprint density at radius 1 is 0.130 bits per heavy atom. The van der Waals surface area contributed by atoms with Crippen molar-refractivity contribution in [2.24, 2.45) is 0 Å². The molecule has 0 bridgehead atoms. The van der Waals surface area contributed by atoms with E-state index in [9.17, 15) is 0 Å². The SMILES string of the molecule is c1cc(-c2ccc3sc4c(-n5c6ccccc6c6ccccc65)nccc4c3c2)cc(-c2ccc3c4ccccc4c4ccccc4c3c2)c1.c1ccc2c(c1)c1ccccc1c1cc(-c3ccc4sc5c(-n6c7ccccc7c7ccccc76)nccc5c4c3)ccc21.c1ccc2c(c1)c1ccccc1c1cc(-c3ccc4sc5c(-n6c7ccccc7c7ccccc76)nccc5c4c3)ccc21. The predicted octanol–water partition coefficient (Wildman–Crippen LogP) is 36.7. The van der Waals surface area contributed by atoms with Crippen LogP contribution in [0.15, 0.2) is 461 Å². The molecule has 9 heterocycles. The number of rotatable bonds is 7. The highest BCUT2D eigenvalue weighted by Crippen LogP contribution is 2.49. The van der Waals surface area contributed by atoms with Crippen LogP contribution >= 0.6 is 34.0 Å². The van der Waals surface area contributed by atoms with Crippen molar-refractivity contribution >= 4 is 257 Å². The van der Waals surface area contributed by atoms with Crippen LogP contribution < -0.4 is 0 Å². The number of para-hydroxylation sites is 6. The summed E-state index contributed by atoms with van der Waals surface area (Å²) in [7, 11) is 0. The molecule has 138 heavy (non-hydrogen) atoms. The van der Waals surface area contributed by atoms with Gasteiger partial charge in [-0.3, -0.25) is 13.7 Å². The van der Waals surface area contributed by atoms with Gasteiger partial charge in [-0.25, -0.2) is 15.0 Å². The molecule has 31 rings (SSSR count). The molecular weight excluding hydrogens is 1730 g/mol. The van der Waals surface area contributed by atoms with Gasteiger partial charge >= 0.3 is 0 Å². The highest BCUT2D eigenvalue weighted by atomic mass is 32.1. The maximum absolute atomic E-state index is 5.00. The molecule has 9 aromatic heterocycles. The maximum Gasteiger partial charge on any atom is 0.155 e. The van der Waals surface area contributed by atoms with Crippen LogP contribution in [0.3, 0.4) is 0 Å². The van der Waals surface area contributed by atoms with Gasteiger partial charge in [-0.15, -0.1) is 34.0 Å². The fourth-order valence-electron chi connectivity index (χ4n) is 22.7. The molecule has 6 nitrogen and oxygen atoms in total. The number of fused-ring (bicyclic) bond motifs is 36. The van der Waals surface area contributed by atoms with Crippen LogP contribution in [0, 0.1) is 0 Å². The van der Waals surface area contributed by atoms with Crippen LogP contribution in [0.1, 0.15) is 0 Å². The molecule has 31 aromatic rings. The molecule has 0 amide bonds. The van der Waals surface area contributed by atoms with Crippen LogP contribution in [0.25, 0.3) is 285 Å². The number of nitrogens with zero attached hydrogens (tertiary/aromatic N) is 6. The van der Waals surface area contributed by atoms with E-state index >= 15 is 0 Å². The number of pyridine rings is 3. The highest BCUT2D eigenvalue weighted by Gasteiger charge is 2.25. The summed E-state index contributed by atoms with van der Waals surface area (Å²) < 4.78 is 14.4. The Morgan fingerprint density at radius 2 is 0.312 bits per heavy atom. The number of aromatic nitrogens is 6. The van der Waals surface area contributed by atoms with E-state index in [1.54, 1.807) is 0 Å². The molecule has 22 aromatic carbocycles. The summed E-state index contributed by atoms with van der Waals surface area (Å²) in [6.07, 6.45) is 5.90. The van der Waals surface area contributed by atoms with Gasteiger partial charge in [0.2, 0.25) is 0 Å². The number of thiophene rings is 3. The molecule has 0 atom stereocenters. The van der Waals surface area contributed by atoms with Crippen molar-refractivity contribution in [3.8, 4) is 62.0 Å². The molecule has 640 valence electrons. The molecule has 9 heteroatoms. The Morgan fingerprint density at radius 3 is 0.543 bits per heavy atom. The zero-order valence-corrected chi connectivity index (χ0v) is 76.7. The van der Waals surface area contributed by atoms with E-state index in [-0.39, 0.29) is 0 Å².